The molecule has 0 unspecified atom stereocenters. The monoisotopic (exact) mass is 301 g/mol. The van der Waals surface area contributed by atoms with Crippen LogP contribution in [0, 0.1) is 0 Å². The molecule has 7 heteroatoms. The number of hydrogen-bond donors (Lipinski definition) is 2. The van der Waals surface area contributed by atoms with Crippen molar-refractivity contribution in [1.29, 1.82) is 0 Å². The summed E-state index contributed by atoms with van der Waals surface area (Å²) in [6, 6.07) is 5.08. The fourth-order valence-corrected chi connectivity index (χ4v) is 2.90. The Bertz CT molecular complexity index is 530. The van der Waals surface area contributed by atoms with Crippen LogP contribution in [0.3, 0.4) is 0 Å². The van der Waals surface area contributed by atoms with Crippen LogP contribution < -0.4 is 14.8 Å². The van der Waals surface area contributed by atoms with Gasteiger partial charge in [-0.15, -0.1) is 0 Å². The Labute approximate surface area is 121 Å². The van der Waals surface area contributed by atoms with Gasteiger partial charge in [0.1, 0.15) is 10.6 Å². The number of methoxy groups -OCH3 is 1. The third-order valence-corrected chi connectivity index (χ3v) is 4.25. The molecule has 114 valence electrons. The molecular formula is C13H23N3O3S. The molecule has 1 rings (SSSR count). The van der Waals surface area contributed by atoms with Crippen molar-refractivity contribution in [3.63, 3.8) is 0 Å². The van der Waals surface area contributed by atoms with Gasteiger partial charge in [-0.25, -0.2) is 13.1 Å². The molecule has 0 saturated carbocycles. The van der Waals surface area contributed by atoms with Crippen LogP contribution in [-0.4, -0.2) is 54.7 Å². The van der Waals surface area contributed by atoms with Crippen LogP contribution in [0.2, 0.25) is 0 Å². The second-order valence-corrected chi connectivity index (χ2v) is 6.45. The van der Waals surface area contributed by atoms with E-state index in [2.05, 4.69) is 10.0 Å². The maximum Gasteiger partial charge on any atom is 0.244 e. The zero-order chi connectivity index (χ0) is 15.2. The summed E-state index contributed by atoms with van der Waals surface area (Å²) in [5, 5.41) is 3.01. The molecule has 6 nitrogen and oxygen atoms in total. The minimum Gasteiger partial charge on any atom is -0.495 e. The number of benzene rings is 1. The molecule has 0 aliphatic heterocycles. The lowest BCUT2D eigenvalue weighted by Gasteiger charge is -2.14. The van der Waals surface area contributed by atoms with E-state index in [4.69, 9.17) is 4.74 Å². The summed E-state index contributed by atoms with van der Waals surface area (Å²) in [5.41, 5.74) is 0.969. The number of nitrogens with zero attached hydrogens (tertiary/aromatic N) is 1. The van der Waals surface area contributed by atoms with Crippen molar-refractivity contribution in [1.82, 2.24) is 14.9 Å². The molecule has 0 spiro atoms. The molecule has 0 saturated heterocycles. The highest BCUT2D eigenvalue weighted by atomic mass is 32.2. The Hall–Kier alpha value is -1.15. The highest BCUT2D eigenvalue weighted by Gasteiger charge is 2.19. The SMILES string of the molecule is CNCc1ccc(S(=O)(=O)NCCN(C)C)c(OC)c1. The number of sulfonamides is 1. The van der Waals surface area contributed by atoms with Crippen LogP contribution in [0.4, 0.5) is 0 Å². The molecule has 2 N–H and O–H groups in total. The van der Waals surface area contributed by atoms with Gasteiger partial charge in [0.25, 0.3) is 0 Å². The molecule has 1 aromatic rings. The average Bonchev–Trinajstić information content (AvgIpc) is 2.38. The molecule has 20 heavy (non-hydrogen) atoms. The number of nitrogens with one attached hydrogen (secondary N) is 2. The lowest BCUT2D eigenvalue weighted by atomic mass is 10.2. The van der Waals surface area contributed by atoms with Gasteiger partial charge in [-0.2, -0.15) is 0 Å². The summed E-state index contributed by atoms with van der Waals surface area (Å²) in [4.78, 5) is 2.08. The molecular weight excluding hydrogens is 278 g/mol. The molecule has 1 aromatic carbocycles. The largest absolute Gasteiger partial charge is 0.495 e. The van der Waals surface area contributed by atoms with Crippen molar-refractivity contribution in [2.45, 2.75) is 11.4 Å². The Morgan fingerprint density at radius 2 is 2.00 bits per heavy atom. The first-order valence-corrected chi connectivity index (χ1v) is 7.85. The van der Waals surface area contributed by atoms with Gasteiger partial charge in [-0.3, -0.25) is 0 Å². The molecule has 0 fully saturated rings. The second-order valence-electron chi connectivity index (χ2n) is 4.72. The molecule has 0 aromatic heterocycles. The summed E-state index contributed by atoms with van der Waals surface area (Å²) >= 11 is 0. The van der Waals surface area contributed by atoms with E-state index in [0.29, 0.717) is 25.4 Å². The number of hydrogen-bond acceptors (Lipinski definition) is 5. The van der Waals surface area contributed by atoms with Crippen molar-refractivity contribution in [2.24, 2.45) is 0 Å². The van der Waals surface area contributed by atoms with E-state index in [0.717, 1.165) is 5.56 Å². The smallest absolute Gasteiger partial charge is 0.244 e. The first-order valence-electron chi connectivity index (χ1n) is 6.36. The van der Waals surface area contributed by atoms with E-state index in [1.165, 1.54) is 7.11 Å². The second kappa shape index (κ2) is 7.58. The summed E-state index contributed by atoms with van der Waals surface area (Å²) in [6.45, 7) is 1.65. The third-order valence-electron chi connectivity index (χ3n) is 2.75. The molecule has 0 atom stereocenters. The maximum atomic E-state index is 12.2. The van der Waals surface area contributed by atoms with Gasteiger partial charge < -0.3 is 15.0 Å². The van der Waals surface area contributed by atoms with Crippen molar-refractivity contribution < 1.29 is 13.2 Å². The van der Waals surface area contributed by atoms with Crippen LogP contribution in [0.15, 0.2) is 23.1 Å². The van der Waals surface area contributed by atoms with Crippen molar-refractivity contribution in [2.75, 3.05) is 41.3 Å². The summed E-state index contributed by atoms with van der Waals surface area (Å²) < 4.78 is 32.2. The maximum absolute atomic E-state index is 12.2. The molecule has 0 amide bonds. The predicted octanol–water partition coefficient (Wildman–Crippen LogP) is 0.255. The van der Waals surface area contributed by atoms with Gasteiger partial charge in [0, 0.05) is 19.6 Å². The van der Waals surface area contributed by atoms with Gasteiger partial charge in [-0.05, 0) is 38.8 Å². The van der Waals surface area contributed by atoms with E-state index in [-0.39, 0.29) is 4.90 Å². The van der Waals surface area contributed by atoms with E-state index in [1.807, 2.05) is 26.0 Å². The number of ether oxygens (including phenoxy) is 1. The van der Waals surface area contributed by atoms with Gasteiger partial charge in [0.15, 0.2) is 0 Å². The Kier molecular flexibility index (Phi) is 6.41. The quantitative estimate of drug-likeness (QED) is 0.720. The number of likely N-dealkylation sites (N-methyl/N-ethyl adjacent to an activating group) is 1. The topological polar surface area (TPSA) is 70.7 Å². The average molecular weight is 301 g/mol. The summed E-state index contributed by atoms with van der Waals surface area (Å²) in [6.07, 6.45) is 0. The molecule has 0 bridgehead atoms. The minimum absolute atomic E-state index is 0.165. The van der Waals surface area contributed by atoms with Crippen LogP contribution in [-0.2, 0) is 16.6 Å². The third kappa shape index (κ3) is 4.75. The Balaban J connectivity index is 2.93. The molecule has 0 aliphatic rings. The zero-order valence-corrected chi connectivity index (χ0v) is 13.3. The standard InChI is InChI=1S/C13H23N3O3S/c1-14-10-11-5-6-13(12(9-11)19-4)20(17,18)15-7-8-16(2)3/h5-6,9,14-15H,7-8,10H2,1-4H3. The van der Waals surface area contributed by atoms with Crippen LogP contribution in [0.1, 0.15) is 5.56 Å². The van der Waals surface area contributed by atoms with E-state index in [1.54, 1.807) is 18.2 Å². The molecule has 0 heterocycles. The van der Waals surface area contributed by atoms with Gasteiger partial charge in [-0.1, -0.05) is 6.07 Å². The van der Waals surface area contributed by atoms with E-state index < -0.39 is 10.0 Å². The first-order chi connectivity index (χ1) is 9.40. The highest BCUT2D eigenvalue weighted by molar-refractivity contribution is 7.89. The van der Waals surface area contributed by atoms with Crippen molar-refractivity contribution in [3.05, 3.63) is 23.8 Å². The lowest BCUT2D eigenvalue weighted by Crippen LogP contribution is -2.31. The fourth-order valence-electron chi connectivity index (χ4n) is 1.73. The summed E-state index contributed by atoms with van der Waals surface area (Å²) in [5.74, 6) is 0.357. The highest BCUT2D eigenvalue weighted by Crippen LogP contribution is 2.24. The normalized spacial score (nSPS) is 11.8. The minimum atomic E-state index is -3.55. The van der Waals surface area contributed by atoms with Gasteiger partial charge >= 0.3 is 0 Å². The molecule has 0 aliphatic carbocycles. The van der Waals surface area contributed by atoms with Gasteiger partial charge in [0.2, 0.25) is 10.0 Å². The van der Waals surface area contributed by atoms with Crippen LogP contribution >= 0.6 is 0 Å². The molecule has 0 radical (unpaired) electrons. The van der Waals surface area contributed by atoms with Gasteiger partial charge in [0.05, 0.1) is 7.11 Å². The van der Waals surface area contributed by atoms with Crippen LogP contribution in [0.25, 0.3) is 0 Å². The van der Waals surface area contributed by atoms with Crippen LogP contribution in [0.5, 0.6) is 5.75 Å². The number of rotatable bonds is 8. The predicted molar refractivity (Wildman–Crippen MR) is 79.5 cm³/mol. The Morgan fingerprint density at radius 1 is 1.30 bits per heavy atom. The first kappa shape index (κ1) is 16.9. The van der Waals surface area contributed by atoms with E-state index in [9.17, 15) is 8.42 Å². The Morgan fingerprint density at radius 3 is 2.55 bits per heavy atom. The zero-order valence-electron chi connectivity index (χ0n) is 12.4. The lowest BCUT2D eigenvalue weighted by molar-refractivity contribution is 0.399. The van der Waals surface area contributed by atoms with Crippen molar-refractivity contribution in [3.8, 4) is 5.75 Å². The summed E-state index contributed by atoms with van der Waals surface area (Å²) in [7, 11) is 3.53. The van der Waals surface area contributed by atoms with Crippen molar-refractivity contribution >= 4 is 10.0 Å². The van der Waals surface area contributed by atoms with E-state index >= 15 is 0 Å². The fraction of sp³-hybridized carbons (Fsp3) is 0.538.